The summed E-state index contributed by atoms with van der Waals surface area (Å²) in [6, 6.07) is 13.0. The lowest BCUT2D eigenvalue weighted by Crippen LogP contribution is -2.52. The SMILES string of the molecule is CCOC(=O)C1(C(=O)OCC)C[C@H]2C[C@@H]1CN2S(=O)(=O)c1ccc(C)cc1.Cc1ccc(S(=O)(=O)N2C[C@H]3C[C@@H]2CC3(CO)CO)cc1. The van der Waals surface area contributed by atoms with Crippen LogP contribution < -0.4 is 0 Å². The highest BCUT2D eigenvalue weighted by molar-refractivity contribution is 7.89. The highest BCUT2D eigenvalue weighted by Gasteiger charge is 2.66. The average Bonchev–Trinajstić information content (AvgIpc) is 3.86. The van der Waals surface area contributed by atoms with Crippen molar-refractivity contribution < 1.29 is 46.1 Å². The molecule has 0 aromatic heterocycles. The first kappa shape index (κ1) is 36.4. The minimum Gasteiger partial charge on any atom is -0.465 e. The van der Waals surface area contributed by atoms with E-state index in [-0.39, 0.29) is 56.2 Å². The van der Waals surface area contributed by atoms with Gasteiger partial charge in [0.25, 0.3) is 0 Å². The third kappa shape index (κ3) is 6.20. The monoisotopic (exact) mass is 706 g/mol. The highest BCUT2D eigenvalue weighted by atomic mass is 32.2. The summed E-state index contributed by atoms with van der Waals surface area (Å²) in [6.07, 6.45) is 1.81. The Hall–Kier alpha value is -2.88. The molecular formula is C34H46N2O10S2. The number of benzene rings is 2. The van der Waals surface area contributed by atoms with Gasteiger partial charge in [-0.3, -0.25) is 9.59 Å². The molecule has 0 amide bonds. The van der Waals surface area contributed by atoms with Crippen LogP contribution in [0.5, 0.6) is 0 Å². The number of carbonyl (C=O) groups excluding carboxylic acids is 2. The number of rotatable bonds is 10. The van der Waals surface area contributed by atoms with E-state index in [4.69, 9.17) is 9.47 Å². The van der Waals surface area contributed by atoms with Crippen LogP contribution in [0.2, 0.25) is 0 Å². The number of aryl methyl sites for hydroxylation is 2. The zero-order valence-electron chi connectivity index (χ0n) is 27.9. The Bertz CT molecular complexity index is 1690. The maximum Gasteiger partial charge on any atom is 0.323 e. The maximum absolute atomic E-state index is 13.0. The number of fused-ring (bicyclic) bond motifs is 4. The van der Waals surface area contributed by atoms with Gasteiger partial charge in [-0.2, -0.15) is 8.61 Å². The fourth-order valence-electron chi connectivity index (χ4n) is 7.94. The molecule has 2 saturated carbocycles. The molecule has 0 radical (unpaired) electrons. The predicted molar refractivity (Wildman–Crippen MR) is 175 cm³/mol. The van der Waals surface area contributed by atoms with Gasteiger partial charge >= 0.3 is 11.9 Å². The number of hydrogen-bond donors (Lipinski definition) is 2. The van der Waals surface area contributed by atoms with Gasteiger partial charge in [0, 0.05) is 36.5 Å². The van der Waals surface area contributed by atoms with Crippen LogP contribution >= 0.6 is 0 Å². The van der Waals surface area contributed by atoms with Crippen LogP contribution in [-0.4, -0.2) is 99.2 Å². The van der Waals surface area contributed by atoms with Crippen LogP contribution in [0.1, 0.15) is 50.7 Å². The number of piperidine rings is 2. The maximum atomic E-state index is 13.0. The number of aliphatic hydroxyl groups excluding tert-OH is 2. The van der Waals surface area contributed by atoms with Crippen LogP contribution in [0.3, 0.4) is 0 Å². The lowest BCUT2D eigenvalue weighted by molar-refractivity contribution is -0.176. The molecule has 4 bridgehead atoms. The molecule has 12 nitrogen and oxygen atoms in total. The molecule has 0 unspecified atom stereocenters. The predicted octanol–water partition coefficient (Wildman–Crippen LogP) is 2.64. The van der Waals surface area contributed by atoms with Gasteiger partial charge in [-0.15, -0.1) is 0 Å². The van der Waals surface area contributed by atoms with Gasteiger partial charge in [0.15, 0.2) is 5.41 Å². The van der Waals surface area contributed by atoms with Crippen LogP contribution in [0.15, 0.2) is 58.3 Å². The number of aliphatic hydroxyl groups is 2. The van der Waals surface area contributed by atoms with Crippen molar-refractivity contribution in [1.82, 2.24) is 8.61 Å². The fraction of sp³-hybridized carbons (Fsp3) is 0.588. The Kier molecular flexibility index (Phi) is 10.5. The molecule has 2 aliphatic carbocycles. The molecule has 2 aliphatic heterocycles. The largest absolute Gasteiger partial charge is 0.465 e. The van der Waals surface area contributed by atoms with E-state index in [1.165, 1.54) is 4.31 Å². The third-order valence-electron chi connectivity index (χ3n) is 10.7. The summed E-state index contributed by atoms with van der Waals surface area (Å²) in [4.78, 5) is 25.8. The Morgan fingerprint density at radius 1 is 0.708 bits per heavy atom. The standard InChI is InChI=1S/C19H25NO6S.C15H21NO4S/c1-4-25-17(21)19(18(22)26-5-2)11-15-10-14(19)12-20(15)27(23,24)16-8-6-13(3)7-9-16;1-11-2-4-14(5-3-11)21(19,20)16-8-12-6-13(16)7-15(12,9-17)10-18/h6-9,14-15H,4-5,10-12H2,1-3H3;2-5,12-13,17-18H,6-10H2,1H3/t14-,15-;12-,13-/m11/s1. The Morgan fingerprint density at radius 3 is 1.44 bits per heavy atom. The molecule has 2 heterocycles. The summed E-state index contributed by atoms with van der Waals surface area (Å²) in [6.45, 7) is 7.82. The molecular weight excluding hydrogens is 661 g/mol. The van der Waals surface area contributed by atoms with Gasteiger partial charge in [0.1, 0.15) is 0 Å². The molecule has 2 aromatic carbocycles. The normalized spacial score (nSPS) is 25.8. The number of esters is 2. The van der Waals surface area contributed by atoms with Crippen molar-refractivity contribution in [2.24, 2.45) is 22.7 Å². The molecule has 2 N–H and O–H groups in total. The van der Waals surface area contributed by atoms with E-state index in [2.05, 4.69) is 0 Å². The smallest absolute Gasteiger partial charge is 0.323 e. The summed E-state index contributed by atoms with van der Waals surface area (Å²) in [5.41, 5.74) is 0.0805. The van der Waals surface area contributed by atoms with Crippen LogP contribution in [0.4, 0.5) is 0 Å². The van der Waals surface area contributed by atoms with E-state index in [0.29, 0.717) is 24.3 Å². The molecule has 2 aromatic rings. The van der Waals surface area contributed by atoms with Crippen molar-refractivity contribution in [3.05, 3.63) is 59.7 Å². The average molecular weight is 707 g/mol. The molecule has 14 heteroatoms. The minimum atomic E-state index is -3.68. The lowest BCUT2D eigenvalue weighted by Gasteiger charge is -2.38. The fourth-order valence-corrected chi connectivity index (χ4v) is 11.3. The Morgan fingerprint density at radius 2 is 1.10 bits per heavy atom. The second kappa shape index (κ2) is 13.8. The zero-order chi connectivity index (χ0) is 35.1. The van der Waals surface area contributed by atoms with Crippen LogP contribution in [-0.2, 0) is 39.1 Å². The van der Waals surface area contributed by atoms with Crippen molar-refractivity contribution in [3.63, 3.8) is 0 Å². The van der Waals surface area contributed by atoms with Crippen LogP contribution in [0, 0.1) is 36.5 Å². The first-order valence-corrected chi connectivity index (χ1v) is 19.3. The van der Waals surface area contributed by atoms with Gasteiger partial charge in [-0.1, -0.05) is 35.4 Å². The first-order valence-electron chi connectivity index (χ1n) is 16.4. The van der Waals surface area contributed by atoms with Crippen molar-refractivity contribution in [2.75, 3.05) is 39.5 Å². The van der Waals surface area contributed by atoms with E-state index < -0.39 is 54.8 Å². The molecule has 264 valence electrons. The Labute approximate surface area is 283 Å². The van der Waals surface area contributed by atoms with Gasteiger partial charge in [0.05, 0.1) is 36.2 Å². The van der Waals surface area contributed by atoms with E-state index in [1.54, 1.807) is 66.7 Å². The molecule has 4 atom stereocenters. The van der Waals surface area contributed by atoms with E-state index in [0.717, 1.165) is 17.5 Å². The molecule has 4 fully saturated rings. The molecule has 2 saturated heterocycles. The summed E-state index contributed by atoms with van der Waals surface area (Å²) in [7, 11) is -7.17. The topological polar surface area (TPSA) is 168 Å². The van der Waals surface area contributed by atoms with E-state index in [9.17, 15) is 36.6 Å². The van der Waals surface area contributed by atoms with Gasteiger partial charge in [-0.05, 0) is 83.6 Å². The molecule has 4 aliphatic rings. The summed E-state index contributed by atoms with van der Waals surface area (Å²) in [5, 5.41) is 19.1. The quantitative estimate of drug-likeness (QED) is 0.277. The summed E-state index contributed by atoms with van der Waals surface area (Å²) < 4.78 is 64.8. The summed E-state index contributed by atoms with van der Waals surface area (Å²) >= 11 is 0. The van der Waals surface area contributed by atoms with Crippen molar-refractivity contribution in [3.8, 4) is 0 Å². The van der Waals surface area contributed by atoms with Crippen molar-refractivity contribution in [1.29, 1.82) is 0 Å². The minimum absolute atomic E-state index is 0.0396. The van der Waals surface area contributed by atoms with Crippen LogP contribution in [0.25, 0.3) is 0 Å². The van der Waals surface area contributed by atoms with Crippen molar-refractivity contribution in [2.45, 2.75) is 75.3 Å². The lowest BCUT2D eigenvalue weighted by atomic mass is 9.76. The van der Waals surface area contributed by atoms with Gasteiger partial charge < -0.3 is 19.7 Å². The van der Waals surface area contributed by atoms with Gasteiger partial charge in [0.2, 0.25) is 20.0 Å². The number of nitrogens with zero attached hydrogens (tertiary/aromatic N) is 2. The zero-order valence-corrected chi connectivity index (χ0v) is 29.5. The molecule has 0 spiro atoms. The van der Waals surface area contributed by atoms with Gasteiger partial charge in [-0.25, -0.2) is 16.8 Å². The van der Waals surface area contributed by atoms with E-state index >= 15 is 0 Å². The third-order valence-corrected chi connectivity index (χ3v) is 14.5. The van der Waals surface area contributed by atoms with E-state index in [1.807, 2.05) is 13.8 Å². The second-order valence-electron chi connectivity index (χ2n) is 13.4. The summed E-state index contributed by atoms with van der Waals surface area (Å²) in [5.74, 6) is -1.62. The second-order valence-corrected chi connectivity index (χ2v) is 17.2. The number of carbonyl (C=O) groups is 2. The number of ether oxygens (including phenoxy) is 2. The Balaban J connectivity index is 0.000000194. The van der Waals surface area contributed by atoms with Crippen molar-refractivity contribution >= 4 is 32.0 Å². The molecule has 6 rings (SSSR count). The first-order chi connectivity index (χ1) is 22.7. The number of sulfonamides is 2. The molecule has 48 heavy (non-hydrogen) atoms. The highest BCUT2D eigenvalue weighted by Crippen LogP contribution is 2.54. The number of hydrogen-bond acceptors (Lipinski definition) is 10.